The van der Waals surface area contributed by atoms with Crippen molar-refractivity contribution in [2.24, 2.45) is 0 Å². The highest BCUT2D eigenvalue weighted by Crippen LogP contribution is 2.32. The molecule has 9 nitrogen and oxygen atoms in total. The fourth-order valence-corrected chi connectivity index (χ4v) is 6.84. The standard InChI is InChI=1S/C30H35N7O2/c1-20-15-36(26-6-4-21(13-31)30-24(26)3-2-9-33-30)17-23(39-20)16-35-18-27-28(19-35)38-12-11-37(27)29-7-5-22-14-32-10-8-25(22)34-29/h2-7,9,20,23,27-28,32H,8,10-12,14-19H2,1H3/t20-,23+,27?,28?/m1/s1. The Bertz CT molecular complexity index is 1410. The summed E-state index contributed by atoms with van der Waals surface area (Å²) in [5.74, 6) is 1.09. The topological polar surface area (TPSA) is 89.8 Å². The Morgan fingerprint density at radius 3 is 3.00 bits per heavy atom. The number of nitriles is 1. The number of hydrogen-bond donors (Lipinski definition) is 1. The monoisotopic (exact) mass is 525 g/mol. The molecule has 0 amide bonds. The van der Waals surface area contributed by atoms with Crippen molar-refractivity contribution in [2.75, 3.05) is 62.2 Å². The number of rotatable bonds is 4. The zero-order chi connectivity index (χ0) is 26.3. The molecule has 0 radical (unpaired) electrons. The van der Waals surface area contributed by atoms with E-state index in [1.54, 1.807) is 6.20 Å². The van der Waals surface area contributed by atoms with Crippen LogP contribution in [0.1, 0.15) is 23.7 Å². The van der Waals surface area contributed by atoms with Gasteiger partial charge in [-0.3, -0.25) is 9.88 Å². The van der Waals surface area contributed by atoms with Crippen molar-refractivity contribution in [1.29, 1.82) is 5.26 Å². The molecule has 0 spiro atoms. The van der Waals surface area contributed by atoms with Gasteiger partial charge in [0.2, 0.25) is 0 Å². The van der Waals surface area contributed by atoms with E-state index in [0.717, 1.165) is 87.8 Å². The smallest absolute Gasteiger partial charge is 0.129 e. The van der Waals surface area contributed by atoms with Crippen LogP contribution < -0.4 is 15.1 Å². The Morgan fingerprint density at radius 1 is 1.13 bits per heavy atom. The van der Waals surface area contributed by atoms with Gasteiger partial charge in [0.15, 0.2) is 0 Å². The maximum Gasteiger partial charge on any atom is 0.129 e. The number of ether oxygens (including phenoxy) is 2. The molecule has 0 saturated carbocycles. The van der Waals surface area contributed by atoms with E-state index in [0.29, 0.717) is 11.6 Å². The van der Waals surface area contributed by atoms with Crippen LogP contribution in [0.5, 0.6) is 0 Å². The quantitative estimate of drug-likeness (QED) is 0.551. The normalized spacial score (nSPS) is 27.3. The van der Waals surface area contributed by atoms with E-state index in [9.17, 15) is 5.26 Å². The number of pyridine rings is 2. The molecular weight excluding hydrogens is 490 g/mol. The Hall–Kier alpha value is -3.29. The predicted molar refractivity (Wildman–Crippen MR) is 150 cm³/mol. The molecular formula is C30H35N7O2. The average Bonchev–Trinajstić information content (AvgIpc) is 3.38. The zero-order valence-electron chi connectivity index (χ0n) is 22.4. The number of anilines is 2. The largest absolute Gasteiger partial charge is 0.373 e. The summed E-state index contributed by atoms with van der Waals surface area (Å²) in [5.41, 5.74) is 5.05. The van der Waals surface area contributed by atoms with Crippen LogP contribution in [0, 0.1) is 11.3 Å². The van der Waals surface area contributed by atoms with Crippen molar-refractivity contribution < 1.29 is 9.47 Å². The highest BCUT2D eigenvalue weighted by molar-refractivity contribution is 5.95. The molecule has 6 heterocycles. The van der Waals surface area contributed by atoms with Gasteiger partial charge in [0.1, 0.15) is 11.9 Å². The summed E-state index contributed by atoms with van der Waals surface area (Å²) in [5, 5.41) is 14.0. The van der Waals surface area contributed by atoms with Gasteiger partial charge >= 0.3 is 0 Å². The van der Waals surface area contributed by atoms with Crippen molar-refractivity contribution in [3.05, 3.63) is 59.4 Å². The first kappa shape index (κ1) is 24.7. The van der Waals surface area contributed by atoms with Crippen LogP contribution in [-0.4, -0.2) is 91.6 Å². The summed E-state index contributed by atoms with van der Waals surface area (Å²) in [4.78, 5) is 17.0. The third-order valence-electron chi connectivity index (χ3n) is 8.57. The molecule has 4 atom stereocenters. The molecule has 39 heavy (non-hydrogen) atoms. The van der Waals surface area contributed by atoms with Crippen LogP contribution in [0.2, 0.25) is 0 Å². The zero-order valence-corrected chi connectivity index (χ0v) is 22.4. The average molecular weight is 526 g/mol. The van der Waals surface area contributed by atoms with Crippen molar-refractivity contribution in [3.63, 3.8) is 0 Å². The molecule has 2 unspecified atom stereocenters. The Labute approximate surface area is 229 Å². The second-order valence-electron chi connectivity index (χ2n) is 11.2. The minimum absolute atomic E-state index is 0.0825. The first-order valence-electron chi connectivity index (χ1n) is 14.1. The second kappa shape index (κ2) is 10.4. The minimum Gasteiger partial charge on any atom is -0.373 e. The summed E-state index contributed by atoms with van der Waals surface area (Å²) >= 11 is 0. The highest BCUT2D eigenvalue weighted by Gasteiger charge is 2.42. The van der Waals surface area contributed by atoms with Gasteiger partial charge in [-0.2, -0.15) is 5.26 Å². The third kappa shape index (κ3) is 4.72. The van der Waals surface area contributed by atoms with E-state index in [1.807, 2.05) is 12.1 Å². The van der Waals surface area contributed by atoms with Gasteiger partial charge in [-0.05, 0) is 42.8 Å². The molecule has 9 heteroatoms. The number of morpholine rings is 2. The van der Waals surface area contributed by atoms with E-state index in [2.05, 4.69) is 62.3 Å². The van der Waals surface area contributed by atoms with E-state index in [-0.39, 0.29) is 18.3 Å². The van der Waals surface area contributed by atoms with Crippen molar-refractivity contribution >= 4 is 22.4 Å². The van der Waals surface area contributed by atoms with E-state index >= 15 is 0 Å². The van der Waals surface area contributed by atoms with Crippen LogP contribution in [0.3, 0.4) is 0 Å². The fraction of sp³-hybridized carbons (Fsp3) is 0.500. The van der Waals surface area contributed by atoms with E-state index < -0.39 is 0 Å². The molecule has 2 aromatic heterocycles. The van der Waals surface area contributed by atoms with Gasteiger partial charge in [-0.1, -0.05) is 6.07 Å². The van der Waals surface area contributed by atoms with Gasteiger partial charge in [0.05, 0.1) is 42.0 Å². The molecule has 3 fully saturated rings. The minimum atomic E-state index is 0.0825. The predicted octanol–water partition coefficient (Wildman–Crippen LogP) is 2.33. The summed E-state index contributed by atoms with van der Waals surface area (Å²) < 4.78 is 12.7. The third-order valence-corrected chi connectivity index (χ3v) is 8.57. The fourth-order valence-electron chi connectivity index (χ4n) is 6.84. The molecule has 0 bridgehead atoms. The van der Waals surface area contributed by atoms with Crippen molar-refractivity contribution in [2.45, 2.75) is 44.2 Å². The van der Waals surface area contributed by atoms with E-state index in [4.69, 9.17) is 14.5 Å². The first-order chi connectivity index (χ1) is 19.2. The number of hydrogen-bond acceptors (Lipinski definition) is 9. The molecule has 4 aliphatic heterocycles. The number of likely N-dealkylation sites (tertiary alicyclic amines) is 1. The van der Waals surface area contributed by atoms with Gasteiger partial charge in [-0.25, -0.2) is 4.98 Å². The Kier molecular flexibility index (Phi) is 6.57. The molecule has 3 aromatic rings. The second-order valence-corrected chi connectivity index (χ2v) is 11.2. The van der Waals surface area contributed by atoms with Crippen LogP contribution in [-0.2, 0) is 22.4 Å². The van der Waals surface area contributed by atoms with Crippen LogP contribution >= 0.6 is 0 Å². The maximum atomic E-state index is 9.56. The molecule has 1 N–H and O–H groups in total. The maximum absolute atomic E-state index is 9.56. The van der Waals surface area contributed by atoms with Crippen LogP contribution in [0.15, 0.2) is 42.6 Å². The lowest BCUT2D eigenvalue weighted by molar-refractivity contribution is -0.0317. The first-order valence-corrected chi connectivity index (χ1v) is 14.1. The number of nitrogens with one attached hydrogen (secondary N) is 1. The lowest BCUT2D eigenvalue weighted by atomic mass is 10.1. The molecule has 1 aromatic carbocycles. The summed E-state index contributed by atoms with van der Waals surface area (Å²) in [6, 6.07) is 15.0. The molecule has 7 rings (SSSR count). The van der Waals surface area contributed by atoms with Crippen molar-refractivity contribution in [3.8, 4) is 6.07 Å². The van der Waals surface area contributed by atoms with E-state index in [1.165, 1.54) is 11.3 Å². The molecule has 3 saturated heterocycles. The highest BCUT2D eigenvalue weighted by atomic mass is 16.5. The van der Waals surface area contributed by atoms with Gasteiger partial charge < -0.3 is 24.6 Å². The Balaban J connectivity index is 1.07. The number of aromatic nitrogens is 2. The van der Waals surface area contributed by atoms with Crippen LogP contribution in [0.4, 0.5) is 11.5 Å². The number of benzene rings is 1. The van der Waals surface area contributed by atoms with Crippen molar-refractivity contribution in [1.82, 2.24) is 20.2 Å². The molecule has 4 aliphatic rings. The summed E-state index contributed by atoms with van der Waals surface area (Å²) in [7, 11) is 0. The number of fused-ring (bicyclic) bond motifs is 3. The summed E-state index contributed by atoms with van der Waals surface area (Å²) in [6.07, 6.45) is 3.12. The van der Waals surface area contributed by atoms with Gasteiger partial charge in [-0.15, -0.1) is 0 Å². The van der Waals surface area contributed by atoms with Gasteiger partial charge in [0.25, 0.3) is 0 Å². The van der Waals surface area contributed by atoms with Gasteiger partial charge in [0, 0.05) is 81.7 Å². The summed E-state index contributed by atoms with van der Waals surface area (Å²) in [6.45, 7) is 10.0. The lowest BCUT2D eigenvalue weighted by Crippen LogP contribution is -2.52. The Morgan fingerprint density at radius 2 is 2.08 bits per heavy atom. The molecule has 202 valence electrons. The number of nitrogens with zero attached hydrogens (tertiary/aromatic N) is 6. The SMILES string of the molecule is C[C@@H]1CN(c2ccc(C#N)c3ncccc23)C[C@H](CN2CC3OCCN(c4ccc5c(n4)CCNC5)C3C2)O1. The lowest BCUT2D eigenvalue weighted by Gasteiger charge is -2.40. The van der Waals surface area contributed by atoms with Crippen LogP contribution in [0.25, 0.3) is 10.9 Å². The molecule has 0 aliphatic carbocycles.